The van der Waals surface area contributed by atoms with Crippen molar-refractivity contribution in [2.24, 2.45) is 0 Å². The summed E-state index contributed by atoms with van der Waals surface area (Å²) in [7, 11) is 0. The maximum absolute atomic E-state index is 13.0. The van der Waals surface area contributed by atoms with E-state index >= 15 is 0 Å². The second-order valence-corrected chi connectivity index (χ2v) is 9.97. The molecule has 0 bridgehead atoms. The fourth-order valence-electron chi connectivity index (χ4n) is 4.84. The Morgan fingerprint density at radius 3 is 2.47 bits per heavy atom. The van der Waals surface area contributed by atoms with Gasteiger partial charge in [0, 0.05) is 28.1 Å². The normalized spacial score (nSPS) is 16.4. The van der Waals surface area contributed by atoms with Crippen molar-refractivity contribution in [3.63, 3.8) is 0 Å². The van der Waals surface area contributed by atoms with Crippen LogP contribution in [0.3, 0.4) is 0 Å². The number of aliphatic hydroxyl groups excluding tert-OH is 1. The maximum Gasteiger partial charge on any atom is 0.257 e. The molecular weight excluding hydrogens is 396 g/mol. The molecule has 1 amide bonds. The van der Waals surface area contributed by atoms with Crippen LogP contribution < -0.4 is 0 Å². The van der Waals surface area contributed by atoms with Gasteiger partial charge in [-0.1, -0.05) is 51.1 Å². The molecule has 2 heterocycles. The number of benzene rings is 3. The molecule has 4 heteroatoms. The zero-order chi connectivity index (χ0) is 22.8. The van der Waals surface area contributed by atoms with E-state index in [2.05, 4.69) is 57.2 Å². The van der Waals surface area contributed by atoms with E-state index in [-0.39, 0.29) is 17.4 Å². The van der Waals surface area contributed by atoms with Crippen molar-refractivity contribution in [3.8, 4) is 11.3 Å². The minimum absolute atomic E-state index is 0.0335. The SMILES string of the molecule is CC(C)N1C(=O)c2cccc3nc(-c4cc(C(C)(C)C)c5ccccc5c4)cc(c23)C1O. The van der Waals surface area contributed by atoms with Gasteiger partial charge in [0.15, 0.2) is 6.23 Å². The minimum atomic E-state index is -0.996. The van der Waals surface area contributed by atoms with Gasteiger partial charge in [-0.3, -0.25) is 4.79 Å². The van der Waals surface area contributed by atoms with Crippen molar-refractivity contribution >= 4 is 27.6 Å². The number of amides is 1. The van der Waals surface area contributed by atoms with Crippen LogP contribution in [0.4, 0.5) is 0 Å². The summed E-state index contributed by atoms with van der Waals surface area (Å²) in [4.78, 5) is 19.5. The fraction of sp³-hybridized carbons (Fsp3) is 0.286. The zero-order valence-electron chi connectivity index (χ0n) is 19.2. The van der Waals surface area contributed by atoms with Crippen molar-refractivity contribution in [2.45, 2.75) is 52.3 Å². The Morgan fingerprint density at radius 2 is 1.75 bits per heavy atom. The van der Waals surface area contributed by atoms with Crippen LogP contribution in [0.25, 0.3) is 32.9 Å². The Kier molecular flexibility index (Phi) is 4.61. The van der Waals surface area contributed by atoms with Gasteiger partial charge < -0.3 is 10.0 Å². The van der Waals surface area contributed by atoms with Crippen molar-refractivity contribution in [2.75, 3.05) is 0 Å². The van der Waals surface area contributed by atoms with Gasteiger partial charge in [-0.25, -0.2) is 4.98 Å². The van der Waals surface area contributed by atoms with E-state index in [0.29, 0.717) is 5.56 Å². The van der Waals surface area contributed by atoms with Gasteiger partial charge >= 0.3 is 0 Å². The van der Waals surface area contributed by atoms with Gasteiger partial charge in [0.05, 0.1) is 11.2 Å². The molecule has 0 fully saturated rings. The number of aliphatic hydroxyl groups is 1. The fourth-order valence-corrected chi connectivity index (χ4v) is 4.84. The van der Waals surface area contributed by atoms with Gasteiger partial charge in [0.25, 0.3) is 5.91 Å². The number of carbonyl (C=O) groups excluding carboxylic acids is 1. The van der Waals surface area contributed by atoms with Gasteiger partial charge in [0.2, 0.25) is 0 Å². The molecule has 1 N–H and O–H groups in total. The highest BCUT2D eigenvalue weighted by molar-refractivity contribution is 6.10. The van der Waals surface area contributed by atoms with Crippen LogP contribution in [0.1, 0.15) is 62.3 Å². The third-order valence-electron chi connectivity index (χ3n) is 6.39. The number of aromatic nitrogens is 1. The van der Waals surface area contributed by atoms with E-state index in [9.17, 15) is 9.90 Å². The number of carbonyl (C=O) groups is 1. The third-order valence-corrected chi connectivity index (χ3v) is 6.39. The summed E-state index contributed by atoms with van der Waals surface area (Å²) in [5.74, 6) is -0.152. The summed E-state index contributed by atoms with van der Waals surface area (Å²) in [6.45, 7) is 10.5. The molecule has 1 unspecified atom stereocenters. The summed E-state index contributed by atoms with van der Waals surface area (Å²) in [6, 6.07) is 20.2. The van der Waals surface area contributed by atoms with Crippen molar-refractivity contribution in [1.82, 2.24) is 9.88 Å². The predicted molar refractivity (Wildman–Crippen MR) is 130 cm³/mol. The van der Waals surface area contributed by atoms with Gasteiger partial charge in [0.1, 0.15) is 0 Å². The molecule has 162 valence electrons. The van der Waals surface area contributed by atoms with Crippen molar-refractivity contribution in [3.05, 3.63) is 77.4 Å². The molecule has 1 atom stereocenters. The molecule has 5 rings (SSSR count). The highest BCUT2D eigenvalue weighted by atomic mass is 16.3. The average molecular weight is 425 g/mol. The topological polar surface area (TPSA) is 53.4 Å². The van der Waals surface area contributed by atoms with E-state index in [1.165, 1.54) is 16.3 Å². The smallest absolute Gasteiger partial charge is 0.257 e. The van der Waals surface area contributed by atoms with Gasteiger partial charge in [-0.2, -0.15) is 0 Å². The van der Waals surface area contributed by atoms with Gasteiger partial charge in [-0.05, 0) is 65.9 Å². The Hall–Kier alpha value is -3.24. The molecule has 0 radical (unpaired) electrons. The standard InChI is InChI=1S/C28H28N2O2/c1-16(2)30-26(31)20-11-8-12-23-25(20)21(27(30)32)15-24(29-23)18-13-17-9-6-7-10-19(17)22(14-18)28(3,4)5/h6-16,27,32H,1-5H3. The molecule has 0 spiro atoms. The molecule has 1 aliphatic heterocycles. The first kappa shape index (κ1) is 20.7. The summed E-state index contributed by atoms with van der Waals surface area (Å²) in [5.41, 5.74) is 5.11. The number of pyridine rings is 1. The first-order valence-corrected chi connectivity index (χ1v) is 11.1. The maximum atomic E-state index is 13.0. The summed E-state index contributed by atoms with van der Waals surface area (Å²) in [6.07, 6.45) is -0.996. The predicted octanol–water partition coefficient (Wildman–Crippen LogP) is 6.21. The van der Waals surface area contributed by atoms with E-state index in [4.69, 9.17) is 4.98 Å². The molecule has 4 aromatic rings. The lowest BCUT2D eigenvalue weighted by Crippen LogP contribution is -2.42. The molecule has 0 saturated heterocycles. The van der Waals surface area contributed by atoms with Crippen LogP contribution in [0.2, 0.25) is 0 Å². The second kappa shape index (κ2) is 7.14. The first-order valence-electron chi connectivity index (χ1n) is 11.1. The lowest BCUT2D eigenvalue weighted by atomic mass is 9.82. The lowest BCUT2D eigenvalue weighted by molar-refractivity contribution is -0.00899. The second-order valence-electron chi connectivity index (χ2n) is 9.97. The number of fused-ring (bicyclic) bond motifs is 1. The highest BCUT2D eigenvalue weighted by Gasteiger charge is 2.35. The number of nitrogens with zero attached hydrogens (tertiary/aromatic N) is 2. The Bertz CT molecular complexity index is 1380. The zero-order valence-corrected chi connectivity index (χ0v) is 19.2. The third kappa shape index (κ3) is 3.09. The highest BCUT2D eigenvalue weighted by Crippen LogP contribution is 2.40. The van der Waals surface area contributed by atoms with E-state index < -0.39 is 6.23 Å². The molecule has 4 nitrogen and oxygen atoms in total. The largest absolute Gasteiger partial charge is 0.369 e. The van der Waals surface area contributed by atoms with Crippen LogP contribution >= 0.6 is 0 Å². The van der Waals surface area contributed by atoms with Crippen LogP contribution in [-0.2, 0) is 5.41 Å². The summed E-state index contributed by atoms with van der Waals surface area (Å²) >= 11 is 0. The minimum Gasteiger partial charge on any atom is -0.369 e. The quantitative estimate of drug-likeness (QED) is 0.416. The number of hydrogen-bond acceptors (Lipinski definition) is 3. The summed E-state index contributed by atoms with van der Waals surface area (Å²) in [5, 5.41) is 14.3. The molecule has 0 saturated carbocycles. The lowest BCUT2D eigenvalue weighted by Gasteiger charge is -2.36. The molecule has 32 heavy (non-hydrogen) atoms. The molecule has 3 aromatic carbocycles. The van der Waals surface area contributed by atoms with E-state index in [1.807, 2.05) is 38.1 Å². The Balaban J connectivity index is 1.80. The van der Waals surface area contributed by atoms with E-state index in [1.54, 1.807) is 4.90 Å². The monoisotopic (exact) mass is 424 g/mol. The molecule has 1 aromatic heterocycles. The van der Waals surface area contributed by atoms with Crippen molar-refractivity contribution < 1.29 is 9.90 Å². The molecular formula is C28H28N2O2. The van der Waals surface area contributed by atoms with Crippen LogP contribution in [0.5, 0.6) is 0 Å². The van der Waals surface area contributed by atoms with E-state index in [0.717, 1.165) is 27.7 Å². The van der Waals surface area contributed by atoms with Crippen LogP contribution in [-0.4, -0.2) is 26.9 Å². The average Bonchev–Trinajstić information content (AvgIpc) is 2.75. The van der Waals surface area contributed by atoms with Crippen molar-refractivity contribution in [1.29, 1.82) is 0 Å². The Labute approximate surface area is 188 Å². The first-order chi connectivity index (χ1) is 15.2. The molecule has 1 aliphatic rings. The molecule has 0 aliphatic carbocycles. The number of hydrogen-bond donors (Lipinski definition) is 1. The summed E-state index contributed by atoms with van der Waals surface area (Å²) < 4.78 is 0. The van der Waals surface area contributed by atoms with Gasteiger partial charge in [-0.15, -0.1) is 0 Å². The Morgan fingerprint density at radius 1 is 1.00 bits per heavy atom. The van der Waals surface area contributed by atoms with Crippen LogP contribution in [0.15, 0.2) is 60.7 Å². The number of rotatable bonds is 2. The van der Waals surface area contributed by atoms with Crippen LogP contribution in [0, 0.1) is 0 Å².